The molecule has 0 aromatic heterocycles. The zero-order valence-electron chi connectivity index (χ0n) is 10.9. The molecule has 20 heavy (non-hydrogen) atoms. The largest absolute Gasteiger partial charge is 0.501 e. The van der Waals surface area contributed by atoms with Gasteiger partial charge in [0.1, 0.15) is 0 Å². The van der Waals surface area contributed by atoms with Crippen LogP contribution in [0.25, 0.3) is 0 Å². The van der Waals surface area contributed by atoms with Gasteiger partial charge in [0, 0.05) is 11.7 Å². The van der Waals surface area contributed by atoms with E-state index in [0.29, 0.717) is 17.6 Å². The van der Waals surface area contributed by atoms with Crippen LogP contribution in [0.5, 0.6) is 0 Å². The predicted molar refractivity (Wildman–Crippen MR) is 70.1 cm³/mol. The van der Waals surface area contributed by atoms with Crippen LogP contribution in [0.4, 0.5) is 18.9 Å². The number of alkyl halides is 3. The van der Waals surface area contributed by atoms with Crippen LogP contribution in [0.1, 0.15) is 26.2 Å². The van der Waals surface area contributed by atoms with E-state index >= 15 is 0 Å². The van der Waals surface area contributed by atoms with E-state index in [4.69, 9.17) is 0 Å². The molecule has 0 amide bonds. The average Bonchev–Trinajstić information content (AvgIpc) is 3.07. The Hall–Kier alpha value is -1.24. The number of anilines is 1. The topological polar surface area (TPSA) is 46.2 Å². The lowest BCUT2D eigenvalue weighted by Crippen LogP contribution is -2.23. The van der Waals surface area contributed by atoms with Gasteiger partial charge in [0.15, 0.2) is 0 Å². The second kappa shape index (κ2) is 5.27. The zero-order valence-corrected chi connectivity index (χ0v) is 11.8. The molecule has 1 aliphatic rings. The summed E-state index contributed by atoms with van der Waals surface area (Å²) in [4.78, 5) is -0.726. The van der Waals surface area contributed by atoms with E-state index in [9.17, 15) is 21.6 Å². The Kier molecular flexibility index (Phi) is 4.00. The fraction of sp³-hybridized carbons (Fsp3) is 0.538. The van der Waals surface area contributed by atoms with E-state index in [2.05, 4.69) is 12.2 Å². The second-order valence-electron chi connectivity index (χ2n) is 5.01. The maximum Gasteiger partial charge on any atom is 0.501 e. The van der Waals surface area contributed by atoms with Gasteiger partial charge in [-0.05, 0) is 43.0 Å². The third-order valence-corrected chi connectivity index (χ3v) is 4.91. The highest BCUT2D eigenvalue weighted by molar-refractivity contribution is 7.92. The smallest absolute Gasteiger partial charge is 0.382 e. The van der Waals surface area contributed by atoms with Gasteiger partial charge in [-0.1, -0.05) is 13.3 Å². The SMILES string of the molecule is CCCC1CC1Nc1ccc(S(=O)(=O)C(F)(F)F)cc1. The number of sulfone groups is 1. The van der Waals surface area contributed by atoms with Crippen LogP contribution < -0.4 is 5.32 Å². The molecule has 1 fully saturated rings. The normalized spacial score (nSPS) is 22.6. The van der Waals surface area contributed by atoms with Crippen LogP contribution in [-0.4, -0.2) is 20.0 Å². The molecule has 2 unspecified atom stereocenters. The molecule has 2 rings (SSSR count). The number of halogens is 3. The van der Waals surface area contributed by atoms with Crippen molar-refractivity contribution in [1.82, 2.24) is 0 Å². The molecule has 3 nitrogen and oxygen atoms in total. The van der Waals surface area contributed by atoms with Crippen molar-refractivity contribution in [3.8, 4) is 0 Å². The van der Waals surface area contributed by atoms with Crippen molar-refractivity contribution < 1.29 is 21.6 Å². The minimum absolute atomic E-state index is 0.347. The van der Waals surface area contributed by atoms with E-state index in [1.165, 1.54) is 12.1 Å². The monoisotopic (exact) mass is 307 g/mol. The summed E-state index contributed by atoms with van der Waals surface area (Å²) in [5.74, 6) is 0.610. The molecule has 1 aromatic rings. The first-order valence-corrected chi connectivity index (χ1v) is 7.92. The number of benzene rings is 1. The van der Waals surface area contributed by atoms with Gasteiger partial charge in [-0.25, -0.2) is 8.42 Å². The third-order valence-electron chi connectivity index (χ3n) is 3.40. The molecule has 2 atom stereocenters. The van der Waals surface area contributed by atoms with Crippen LogP contribution in [0.3, 0.4) is 0 Å². The summed E-state index contributed by atoms with van der Waals surface area (Å²) in [5.41, 5.74) is -4.61. The summed E-state index contributed by atoms with van der Waals surface area (Å²) in [6.45, 7) is 2.10. The van der Waals surface area contributed by atoms with Gasteiger partial charge in [0.25, 0.3) is 9.84 Å². The first kappa shape index (κ1) is 15.2. The van der Waals surface area contributed by atoms with E-state index in [1.807, 2.05) is 0 Å². The summed E-state index contributed by atoms with van der Waals surface area (Å²) < 4.78 is 59.5. The van der Waals surface area contributed by atoms with Gasteiger partial charge in [0.2, 0.25) is 0 Å². The fourth-order valence-electron chi connectivity index (χ4n) is 2.19. The molecule has 112 valence electrons. The average molecular weight is 307 g/mol. The molecule has 1 N–H and O–H groups in total. The maximum atomic E-state index is 12.4. The Bertz CT molecular complexity index is 566. The number of hydrogen-bond acceptors (Lipinski definition) is 3. The molecule has 0 heterocycles. The van der Waals surface area contributed by atoms with Crippen LogP contribution in [-0.2, 0) is 9.84 Å². The Morgan fingerprint density at radius 1 is 1.25 bits per heavy atom. The highest BCUT2D eigenvalue weighted by Gasteiger charge is 2.46. The van der Waals surface area contributed by atoms with Crippen LogP contribution in [0.15, 0.2) is 29.2 Å². The lowest BCUT2D eigenvalue weighted by Gasteiger charge is -2.10. The number of rotatable bonds is 5. The van der Waals surface area contributed by atoms with Gasteiger partial charge in [0.05, 0.1) is 4.90 Å². The summed E-state index contributed by atoms with van der Waals surface area (Å²) in [6, 6.07) is 5.07. The maximum absolute atomic E-state index is 12.4. The Labute approximate surface area is 116 Å². The van der Waals surface area contributed by atoms with Crippen molar-refractivity contribution in [3.63, 3.8) is 0 Å². The van der Waals surface area contributed by atoms with Gasteiger partial charge in [-0.3, -0.25) is 0 Å². The van der Waals surface area contributed by atoms with E-state index in [-0.39, 0.29) is 0 Å². The number of hydrogen-bond donors (Lipinski definition) is 1. The van der Waals surface area contributed by atoms with Crippen molar-refractivity contribution in [2.45, 2.75) is 42.6 Å². The zero-order chi connectivity index (χ0) is 15.0. The fourth-order valence-corrected chi connectivity index (χ4v) is 2.95. The molecular formula is C13H16F3NO2S. The Morgan fingerprint density at radius 2 is 1.85 bits per heavy atom. The molecule has 7 heteroatoms. The van der Waals surface area contributed by atoms with Crippen molar-refractivity contribution >= 4 is 15.5 Å². The minimum Gasteiger partial charge on any atom is -0.382 e. The molecule has 1 aromatic carbocycles. The van der Waals surface area contributed by atoms with Gasteiger partial charge in [-0.2, -0.15) is 13.2 Å². The summed E-state index contributed by atoms with van der Waals surface area (Å²) in [7, 11) is -5.25. The van der Waals surface area contributed by atoms with Gasteiger partial charge >= 0.3 is 5.51 Å². The molecule has 0 saturated heterocycles. The van der Waals surface area contributed by atoms with Crippen molar-refractivity contribution in [1.29, 1.82) is 0 Å². The molecule has 0 aliphatic heterocycles. The molecular weight excluding hydrogens is 291 g/mol. The first-order chi connectivity index (χ1) is 9.25. The lowest BCUT2D eigenvalue weighted by molar-refractivity contribution is -0.0436. The standard InChI is InChI=1S/C13H16F3NO2S/c1-2-3-9-8-12(9)17-10-4-6-11(7-5-10)20(18,19)13(14,15)16/h4-7,9,12,17H,2-3,8H2,1H3. The molecule has 1 aliphatic carbocycles. The highest BCUT2D eigenvalue weighted by atomic mass is 32.2. The molecule has 0 bridgehead atoms. The number of nitrogens with one attached hydrogen (secondary N) is 1. The van der Waals surface area contributed by atoms with Crippen LogP contribution >= 0.6 is 0 Å². The summed E-state index contributed by atoms with van der Waals surface area (Å²) in [5, 5.41) is 3.19. The molecule has 1 saturated carbocycles. The molecule has 0 spiro atoms. The Morgan fingerprint density at radius 3 is 2.35 bits per heavy atom. The van der Waals surface area contributed by atoms with Gasteiger partial charge < -0.3 is 5.32 Å². The quantitative estimate of drug-likeness (QED) is 0.904. The predicted octanol–water partition coefficient (Wildman–Crippen LogP) is 3.58. The van der Waals surface area contributed by atoms with Crippen molar-refractivity contribution in [2.24, 2.45) is 5.92 Å². The second-order valence-corrected chi connectivity index (χ2v) is 6.95. The first-order valence-electron chi connectivity index (χ1n) is 6.43. The van der Waals surface area contributed by atoms with E-state index < -0.39 is 20.2 Å². The van der Waals surface area contributed by atoms with Crippen LogP contribution in [0.2, 0.25) is 0 Å². The van der Waals surface area contributed by atoms with E-state index in [0.717, 1.165) is 31.4 Å². The Balaban J connectivity index is 2.05. The van der Waals surface area contributed by atoms with Crippen molar-refractivity contribution in [2.75, 3.05) is 5.32 Å². The van der Waals surface area contributed by atoms with E-state index in [1.54, 1.807) is 0 Å². The minimum atomic E-state index is -5.26. The molecule has 0 radical (unpaired) electrons. The summed E-state index contributed by atoms with van der Waals surface area (Å²) >= 11 is 0. The third kappa shape index (κ3) is 3.08. The van der Waals surface area contributed by atoms with Gasteiger partial charge in [-0.15, -0.1) is 0 Å². The summed E-state index contributed by atoms with van der Waals surface area (Å²) in [6.07, 6.45) is 3.28. The van der Waals surface area contributed by atoms with Crippen molar-refractivity contribution in [3.05, 3.63) is 24.3 Å². The lowest BCUT2D eigenvalue weighted by atomic mass is 10.2. The highest BCUT2D eigenvalue weighted by Crippen LogP contribution is 2.37. The van der Waals surface area contributed by atoms with Crippen LogP contribution in [0, 0.1) is 5.92 Å².